The number of hydrogen-bond acceptors (Lipinski definition) is 7. The molecular formula is C20H23N5O2. The number of nitrogens with zero attached hydrogens (tertiary/aromatic N) is 3. The molecule has 3 aromatic rings. The van der Waals surface area contributed by atoms with Crippen molar-refractivity contribution in [1.29, 1.82) is 0 Å². The quantitative estimate of drug-likeness (QED) is 0.509. The van der Waals surface area contributed by atoms with Gasteiger partial charge in [0.05, 0.1) is 18.3 Å². The highest BCUT2D eigenvalue weighted by Crippen LogP contribution is 2.25. The number of pyridine rings is 1. The highest BCUT2D eigenvalue weighted by Gasteiger charge is 2.15. The molecule has 0 saturated heterocycles. The number of benzene rings is 1. The van der Waals surface area contributed by atoms with Crippen molar-refractivity contribution >= 4 is 17.5 Å². The third kappa shape index (κ3) is 4.92. The minimum atomic E-state index is -0.164. The van der Waals surface area contributed by atoms with Gasteiger partial charge in [0.2, 0.25) is 5.95 Å². The summed E-state index contributed by atoms with van der Waals surface area (Å²) in [5.74, 6) is 1.35. The van der Waals surface area contributed by atoms with Crippen molar-refractivity contribution in [1.82, 2.24) is 15.0 Å². The molecule has 0 unspecified atom stereocenters. The average Bonchev–Trinajstić information content (AvgIpc) is 2.66. The smallest absolute Gasteiger partial charge is 0.225 e. The maximum absolute atomic E-state index is 9.67. The lowest BCUT2D eigenvalue weighted by molar-refractivity contribution is 0.248. The number of phenolic OH excluding ortho intramolecular Hbond substituents is 1. The minimum absolute atomic E-state index is 0.0204. The molecule has 7 heteroatoms. The molecule has 2 heterocycles. The van der Waals surface area contributed by atoms with Gasteiger partial charge < -0.3 is 20.8 Å². The number of rotatable bonds is 7. The number of phenols is 1. The van der Waals surface area contributed by atoms with Gasteiger partial charge in [0.1, 0.15) is 11.6 Å². The molecule has 3 rings (SSSR count). The number of nitrogens with one attached hydrogen (secondary N) is 2. The fourth-order valence-corrected chi connectivity index (χ4v) is 2.56. The summed E-state index contributed by atoms with van der Waals surface area (Å²) in [7, 11) is 0. The Bertz CT molecular complexity index is 887. The van der Waals surface area contributed by atoms with Crippen LogP contribution in [0.1, 0.15) is 13.8 Å². The Labute approximate surface area is 158 Å². The first-order valence-corrected chi connectivity index (χ1v) is 8.78. The van der Waals surface area contributed by atoms with Crippen LogP contribution in [-0.4, -0.2) is 37.8 Å². The number of anilines is 3. The predicted molar refractivity (Wildman–Crippen MR) is 106 cm³/mol. The molecule has 27 heavy (non-hydrogen) atoms. The van der Waals surface area contributed by atoms with Crippen molar-refractivity contribution in [3.63, 3.8) is 0 Å². The van der Waals surface area contributed by atoms with Crippen LogP contribution >= 0.6 is 0 Å². The summed E-state index contributed by atoms with van der Waals surface area (Å²) in [6.45, 7) is 4.02. The number of aromatic hydroxyl groups is 1. The molecule has 0 amide bonds. The first-order valence-electron chi connectivity index (χ1n) is 8.78. The monoisotopic (exact) mass is 365 g/mol. The van der Waals surface area contributed by atoms with Crippen LogP contribution in [0.25, 0.3) is 11.3 Å². The summed E-state index contributed by atoms with van der Waals surface area (Å²) in [5.41, 5.74) is 2.26. The number of hydrogen-bond donors (Lipinski definition) is 4. The lowest BCUT2D eigenvalue weighted by atomic mass is 10.1. The summed E-state index contributed by atoms with van der Waals surface area (Å²) in [6, 6.07) is 12.2. The zero-order valence-corrected chi connectivity index (χ0v) is 15.3. The topological polar surface area (TPSA) is 103 Å². The lowest BCUT2D eigenvalue weighted by Gasteiger charge is -2.20. The van der Waals surface area contributed by atoms with Crippen molar-refractivity contribution in [2.24, 2.45) is 5.92 Å². The molecule has 7 nitrogen and oxygen atoms in total. The van der Waals surface area contributed by atoms with E-state index in [4.69, 9.17) is 0 Å². The average molecular weight is 365 g/mol. The van der Waals surface area contributed by atoms with Gasteiger partial charge in [-0.3, -0.25) is 4.98 Å². The Kier molecular flexibility index (Phi) is 5.83. The molecule has 0 aliphatic rings. The van der Waals surface area contributed by atoms with Crippen LogP contribution in [0.15, 0.2) is 54.9 Å². The molecule has 0 aliphatic carbocycles. The molecule has 0 fully saturated rings. The summed E-state index contributed by atoms with van der Waals surface area (Å²) in [6.07, 6.45) is 3.44. The van der Waals surface area contributed by atoms with Gasteiger partial charge in [-0.05, 0) is 30.2 Å². The lowest BCUT2D eigenvalue weighted by Crippen LogP contribution is -2.30. The van der Waals surface area contributed by atoms with Gasteiger partial charge in [0.25, 0.3) is 0 Å². The van der Waals surface area contributed by atoms with Crippen LogP contribution in [0.5, 0.6) is 5.75 Å². The van der Waals surface area contributed by atoms with Crippen molar-refractivity contribution in [3.8, 4) is 17.0 Å². The molecule has 0 saturated carbocycles. The van der Waals surface area contributed by atoms with E-state index in [1.54, 1.807) is 30.6 Å². The van der Waals surface area contributed by atoms with E-state index in [2.05, 4.69) is 25.6 Å². The van der Waals surface area contributed by atoms with E-state index in [0.29, 0.717) is 23.1 Å². The zero-order valence-electron chi connectivity index (χ0n) is 15.3. The largest absolute Gasteiger partial charge is 0.508 e. The van der Waals surface area contributed by atoms with E-state index in [9.17, 15) is 10.2 Å². The molecule has 0 bridgehead atoms. The van der Waals surface area contributed by atoms with Gasteiger partial charge in [-0.1, -0.05) is 19.9 Å². The Morgan fingerprint density at radius 3 is 2.59 bits per heavy atom. The van der Waals surface area contributed by atoms with Crippen LogP contribution in [0.2, 0.25) is 0 Å². The zero-order chi connectivity index (χ0) is 19.2. The molecule has 2 aromatic heterocycles. The number of aromatic nitrogens is 3. The fourth-order valence-electron chi connectivity index (χ4n) is 2.56. The van der Waals surface area contributed by atoms with Crippen LogP contribution < -0.4 is 10.6 Å². The SMILES string of the molecule is CC(C)[C@H](CO)Nc1nc(Nc2cccc(O)c2)cc(-c2cccnc2)n1. The van der Waals surface area contributed by atoms with Crippen molar-refractivity contribution < 1.29 is 10.2 Å². The Morgan fingerprint density at radius 2 is 1.93 bits per heavy atom. The normalized spacial score (nSPS) is 12.0. The molecule has 0 radical (unpaired) electrons. The van der Waals surface area contributed by atoms with Gasteiger partial charge in [0.15, 0.2) is 0 Å². The van der Waals surface area contributed by atoms with Gasteiger partial charge >= 0.3 is 0 Å². The highest BCUT2D eigenvalue weighted by molar-refractivity contribution is 5.67. The van der Waals surface area contributed by atoms with Crippen molar-refractivity contribution in [2.45, 2.75) is 19.9 Å². The Balaban J connectivity index is 1.97. The fraction of sp³-hybridized carbons (Fsp3) is 0.250. The minimum Gasteiger partial charge on any atom is -0.508 e. The van der Waals surface area contributed by atoms with Gasteiger partial charge in [-0.2, -0.15) is 4.98 Å². The second kappa shape index (κ2) is 8.46. The van der Waals surface area contributed by atoms with E-state index in [1.165, 1.54) is 0 Å². The Morgan fingerprint density at radius 1 is 1.07 bits per heavy atom. The van der Waals surface area contributed by atoms with Crippen LogP contribution in [0.3, 0.4) is 0 Å². The molecule has 4 N–H and O–H groups in total. The van der Waals surface area contributed by atoms with E-state index in [-0.39, 0.29) is 24.3 Å². The maximum atomic E-state index is 9.67. The summed E-state index contributed by atoms with van der Waals surface area (Å²) in [5, 5.41) is 25.7. The molecule has 1 atom stereocenters. The highest BCUT2D eigenvalue weighted by atomic mass is 16.3. The van der Waals surface area contributed by atoms with Gasteiger partial charge in [-0.15, -0.1) is 0 Å². The van der Waals surface area contributed by atoms with Crippen LogP contribution in [0, 0.1) is 5.92 Å². The van der Waals surface area contributed by atoms with Crippen molar-refractivity contribution in [3.05, 3.63) is 54.9 Å². The van der Waals surface area contributed by atoms with Crippen molar-refractivity contribution in [2.75, 3.05) is 17.2 Å². The third-order valence-electron chi connectivity index (χ3n) is 4.12. The molecular weight excluding hydrogens is 342 g/mol. The summed E-state index contributed by atoms with van der Waals surface area (Å²) in [4.78, 5) is 13.2. The number of aliphatic hydroxyl groups excluding tert-OH is 1. The van der Waals surface area contributed by atoms with E-state index in [1.807, 2.05) is 38.1 Å². The second-order valence-electron chi connectivity index (χ2n) is 6.56. The van der Waals surface area contributed by atoms with E-state index >= 15 is 0 Å². The van der Waals surface area contributed by atoms with Gasteiger partial charge in [-0.25, -0.2) is 4.98 Å². The number of aliphatic hydroxyl groups is 1. The third-order valence-corrected chi connectivity index (χ3v) is 4.12. The first-order chi connectivity index (χ1) is 13.0. The molecule has 1 aromatic carbocycles. The van der Waals surface area contributed by atoms with E-state index < -0.39 is 0 Å². The van der Waals surface area contributed by atoms with E-state index in [0.717, 1.165) is 5.56 Å². The predicted octanol–water partition coefficient (Wildman–Crippen LogP) is 3.42. The second-order valence-corrected chi connectivity index (χ2v) is 6.56. The van der Waals surface area contributed by atoms with Gasteiger partial charge in [0, 0.05) is 35.8 Å². The first kappa shape index (κ1) is 18.6. The summed E-state index contributed by atoms with van der Waals surface area (Å²) >= 11 is 0. The summed E-state index contributed by atoms with van der Waals surface area (Å²) < 4.78 is 0. The molecule has 140 valence electrons. The maximum Gasteiger partial charge on any atom is 0.225 e. The molecule has 0 aliphatic heterocycles. The van der Waals surface area contributed by atoms with Crippen LogP contribution in [0.4, 0.5) is 17.5 Å². The van der Waals surface area contributed by atoms with Crippen LogP contribution in [-0.2, 0) is 0 Å². The standard InChI is InChI=1S/C20H23N5O2/c1-13(2)18(12-26)24-20-23-17(14-5-4-8-21-11-14)10-19(25-20)22-15-6-3-7-16(27)9-15/h3-11,13,18,26-27H,12H2,1-2H3,(H2,22,23,24,25)/t18-/m0/s1. The molecule has 0 spiro atoms. The Hall–Kier alpha value is -3.19.